The molecule has 78 valence electrons. The number of hydrogen-bond donors (Lipinski definition) is 1. The summed E-state index contributed by atoms with van der Waals surface area (Å²) in [6, 6.07) is 6.50. The Morgan fingerprint density at radius 1 is 1.29 bits per heavy atom. The summed E-state index contributed by atoms with van der Waals surface area (Å²) >= 11 is 6.17. The molecule has 0 spiro atoms. The van der Waals surface area contributed by atoms with Crippen LogP contribution in [0.25, 0.3) is 0 Å². The monoisotopic (exact) mass is 211 g/mol. The highest BCUT2D eigenvalue weighted by molar-refractivity contribution is 6.31. The first-order valence-corrected chi connectivity index (χ1v) is 5.37. The Hall–Kier alpha value is -0.530. The van der Waals surface area contributed by atoms with E-state index in [0.29, 0.717) is 12.0 Å². The number of nitrogens with one attached hydrogen (secondary N) is 1. The van der Waals surface area contributed by atoms with Crippen LogP contribution in [0.2, 0.25) is 5.02 Å². The molecule has 1 aromatic rings. The number of rotatable bonds is 3. The van der Waals surface area contributed by atoms with Gasteiger partial charge in [0.15, 0.2) is 0 Å². The van der Waals surface area contributed by atoms with Crippen molar-refractivity contribution in [2.75, 3.05) is 7.05 Å². The van der Waals surface area contributed by atoms with Gasteiger partial charge < -0.3 is 5.32 Å². The second-order valence-electron chi connectivity index (χ2n) is 4.04. The van der Waals surface area contributed by atoms with Gasteiger partial charge in [0.1, 0.15) is 0 Å². The van der Waals surface area contributed by atoms with Crippen LogP contribution in [0.1, 0.15) is 31.0 Å². The van der Waals surface area contributed by atoms with Gasteiger partial charge in [-0.1, -0.05) is 43.1 Å². The van der Waals surface area contributed by atoms with Crippen molar-refractivity contribution in [3.8, 4) is 0 Å². The Kier molecular flexibility index (Phi) is 3.97. The fourth-order valence-corrected chi connectivity index (χ4v) is 1.98. The standard InChI is InChI=1S/C12H18ClN/c1-8(2)12(14-4)10-7-9(3)5-6-11(10)13/h5-8,12,14H,1-4H3. The first kappa shape index (κ1) is 11.5. The molecule has 0 aliphatic carbocycles. The van der Waals surface area contributed by atoms with E-state index in [-0.39, 0.29) is 0 Å². The predicted molar refractivity (Wildman–Crippen MR) is 62.8 cm³/mol. The van der Waals surface area contributed by atoms with Crippen LogP contribution in [-0.4, -0.2) is 7.05 Å². The lowest BCUT2D eigenvalue weighted by Gasteiger charge is -2.22. The summed E-state index contributed by atoms with van der Waals surface area (Å²) in [5.74, 6) is 0.541. The Bertz CT molecular complexity index is 307. The first-order valence-electron chi connectivity index (χ1n) is 4.99. The van der Waals surface area contributed by atoms with Crippen LogP contribution in [-0.2, 0) is 0 Å². The van der Waals surface area contributed by atoms with Crippen molar-refractivity contribution in [1.82, 2.24) is 5.32 Å². The van der Waals surface area contributed by atoms with Crippen molar-refractivity contribution in [3.63, 3.8) is 0 Å². The van der Waals surface area contributed by atoms with Crippen molar-refractivity contribution in [2.24, 2.45) is 5.92 Å². The van der Waals surface area contributed by atoms with Crippen molar-refractivity contribution < 1.29 is 0 Å². The Morgan fingerprint density at radius 3 is 2.43 bits per heavy atom. The largest absolute Gasteiger partial charge is 0.313 e. The smallest absolute Gasteiger partial charge is 0.0454 e. The Morgan fingerprint density at radius 2 is 1.93 bits per heavy atom. The van der Waals surface area contributed by atoms with Gasteiger partial charge in [-0.3, -0.25) is 0 Å². The van der Waals surface area contributed by atoms with Crippen LogP contribution in [0.4, 0.5) is 0 Å². The molecule has 14 heavy (non-hydrogen) atoms. The fraction of sp³-hybridized carbons (Fsp3) is 0.500. The lowest BCUT2D eigenvalue weighted by atomic mass is 9.95. The van der Waals surface area contributed by atoms with Gasteiger partial charge in [0.2, 0.25) is 0 Å². The minimum absolute atomic E-state index is 0.336. The molecule has 1 aromatic carbocycles. The highest BCUT2D eigenvalue weighted by Crippen LogP contribution is 2.28. The molecule has 0 aromatic heterocycles. The molecule has 0 radical (unpaired) electrons. The van der Waals surface area contributed by atoms with E-state index in [1.807, 2.05) is 19.2 Å². The quantitative estimate of drug-likeness (QED) is 0.806. The van der Waals surface area contributed by atoms with Gasteiger partial charge in [0, 0.05) is 11.1 Å². The van der Waals surface area contributed by atoms with E-state index in [4.69, 9.17) is 11.6 Å². The van der Waals surface area contributed by atoms with Gasteiger partial charge in [0.05, 0.1) is 0 Å². The summed E-state index contributed by atoms with van der Waals surface area (Å²) in [6.07, 6.45) is 0. The molecular formula is C12H18ClN. The average Bonchev–Trinajstić information content (AvgIpc) is 2.11. The summed E-state index contributed by atoms with van der Waals surface area (Å²) in [4.78, 5) is 0. The molecule has 1 atom stereocenters. The maximum atomic E-state index is 6.17. The molecule has 0 aliphatic heterocycles. The van der Waals surface area contributed by atoms with Crippen molar-refractivity contribution in [3.05, 3.63) is 34.3 Å². The molecule has 0 saturated carbocycles. The van der Waals surface area contributed by atoms with Crippen molar-refractivity contribution >= 4 is 11.6 Å². The lowest BCUT2D eigenvalue weighted by molar-refractivity contribution is 0.443. The van der Waals surface area contributed by atoms with E-state index in [1.165, 1.54) is 11.1 Å². The summed E-state index contributed by atoms with van der Waals surface area (Å²) < 4.78 is 0. The van der Waals surface area contributed by atoms with E-state index >= 15 is 0 Å². The molecular weight excluding hydrogens is 194 g/mol. The van der Waals surface area contributed by atoms with Gasteiger partial charge >= 0.3 is 0 Å². The number of benzene rings is 1. The lowest BCUT2D eigenvalue weighted by Crippen LogP contribution is -2.22. The van der Waals surface area contributed by atoms with Gasteiger partial charge in [-0.25, -0.2) is 0 Å². The predicted octanol–water partition coefficient (Wildman–Crippen LogP) is 3.56. The Balaban J connectivity index is 3.08. The van der Waals surface area contributed by atoms with Crippen LogP contribution in [0.15, 0.2) is 18.2 Å². The minimum atomic E-state index is 0.336. The SMILES string of the molecule is CNC(c1cc(C)ccc1Cl)C(C)C. The van der Waals surface area contributed by atoms with Gasteiger partial charge in [-0.05, 0) is 31.5 Å². The molecule has 0 bridgehead atoms. The van der Waals surface area contributed by atoms with E-state index < -0.39 is 0 Å². The van der Waals surface area contributed by atoms with Crippen LogP contribution < -0.4 is 5.32 Å². The third-order valence-electron chi connectivity index (χ3n) is 2.46. The van der Waals surface area contributed by atoms with E-state index in [0.717, 1.165) is 5.02 Å². The van der Waals surface area contributed by atoms with Crippen molar-refractivity contribution in [1.29, 1.82) is 0 Å². The number of hydrogen-bond acceptors (Lipinski definition) is 1. The zero-order valence-corrected chi connectivity index (χ0v) is 10.0. The maximum absolute atomic E-state index is 6.17. The summed E-state index contributed by atoms with van der Waals surface area (Å²) in [6.45, 7) is 6.48. The third kappa shape index (κ3) is 2.49. The van der Waals surface area contributed by atoms with E-state index in [1.54, 1.807) is 0 Å². The molecule has 0 saturated heterocycles. The first-order chi connectivity index (χ1) is 6.56. The zero-order chi connectivity index (χ0) is 10.7. The van der Waals surface area contributed by atoms with Crippen LogP contribution >= 0.6 is 11.6 Å². The molecule has 0 aliphatic rings. The topological polar surface area (TPSA) is 12.0 Å². The number of aryl methyl sites for hydroxylation is 1. The molecule has 0 fully saturated rings. The molecule has 2 heteroatoms. The second-order valence-corrected chi connectivity index (χ2v) is 4.44. The summed E-state index contributed by atoms with van der Waals surface area (Å²) in [5.41, 5.74) is 2.45. The molecule has 1 nitrogen and oxygen atoms in total. The van der Waals surface area contributed by atoms with Crippen LogP contribution in [0.3, 0.4) is 0 Å². The van der Waals surface area contributed by atoms with Gasteiger partial charge in [-0.15, -0.1) is 0 Å². The second kappa shape index (κ2) is 4.81. The summed E-state index contributed by atoms with van der Waals surface area (Å²) in [7, 11) is 1.98. The molecule has 1 unspecified atom stereocenters. The molecule has 0 amide bonds. The maximum Gasteiger partial charge on any atom is 0.0454 e. The minimum Gasteiger partial charge on any atom is -0.313 e. The normalized spacial score (nSPS) is 13.3. The molecule has 0 heterocycles. The van der Waals surface area contributed by atoms with E-state index in [2.05, 4.69) is 32.2 Å². The fourth-order valence-electron chi connectivity index (χ4n) is 1.75. The van der Waals surface area contributed by atoms with Crippen LogP contribution in [0, 0.1) is 12.8 Å². The third-order valence-corrected chi connectivity index (χ3v) is 2.81. The number of halogens is 1. The zero-order valence-electron chi connectivity index (χ0n) is 9.26. The highest BCUT2D eigenvalue weighted by Gasteiger charge is 2.16. The van der Waals surface area contributed by atoms with Gasteiger partial charge in [-0.2, -0.15) is 0 Å². The average molecular weight is 212 g/mol. The van der Waals surface area contributed by atoms with Crippen molar-refractivity contribution in [2.45, 2.75) is 26.8 Å². The van der Waals surface area contributed by atoms with E-state index in [9.17, 15) is 0 Å². The van der Waals surface area contributed by atoms with Crippen LogP contribution in [0.5, 0.6) is 0 Å². The molecule has 1 N–H and O–H groups in total. The van der Waals surface area contributed by atoms with Gasteiger partial charge in [0.25, 0.3) is 0 Å². The molecule has 1 rings (SSSR count). The summed E-state index contributed by atoms with van der Waals surface area (Å²) in [5, 5.41) is 4.15. The Labute approximate surface area is 91.5 Å². The highest BCUT2D eigenvalue weighted by atomic mass is 35.5.